The maximum atomic E-state index is 11.6. The third-order valence-electron chi connectivity index (χ3n) is 17.0. The molecule has 14 rings (SSSR count). The van der Waals surface area contributed by atoms with E-state index in [1.807, 2.05) is 132 Å². The van der Waals surface area contributed by atoms with Gasteiger partial charge in [-0.2, -0.15) is 9.59 Å². The molecule has 0 spiro atoms. The number of benzene rings is 7. The van der Waals surface area contributed by atoms with Crippen molar-refractivity contribution in [2.24, 2.45) is 39.9 Å². The monoisotopic (exact) mass is 1510 g/mol. The summed E-state index contributed by atoms with van der Waals surface area (Å²) in [5, 5.41) is 26.8. The number of esters is 2. The summed E-state index contributed by atoms with van der Waals surface area (Å²) in [5.41, 5.74) is 12.3. The van der Waals surface area contributed by atoms with Crippen LogP contribution in [0.3, 0.4) is 0 Å². The molecule has 0 unspecified atom stereocenters. The van der Waals surface area contributed by atoms with E-state index in [4.69, 9.17) is 40.8 Å². The van der Waals surface area contributed by atoms with Gasteiger partial charge >= 0.3 is 36.0 Å². The Morgan fingerprint density at radius 3 is 0.943 bits per heavy atom. The van der Waals surface area contributed by atoms with Crippen molar-refractivity contribution in [3.05, 3.63) is 245 Å². The zero-order valence-corrected chi connectivity index (χ0v) is 63.3. The van der Waals surface area contributed by atoms with Crippen LogP contribution in [-0.4, -0.2) is 65.5 Å². The van der Waals surface area contributed by atoms with Crippen molar-refractivity contribution >= 4 is 58.6 Å². The van der Waals surface area contributed by atoms with Crippen molar-refractivity contribution in [1.29, 1.82) is 0 Å². The summed E-state index contributed by atoms with van der Waals surface area (Å²) in [4.78, 5) is 71.9. The molecule has 7 saturated carbocycles. The van der Waals surface area contributed by atoms with Gasteiger partial charge in [0.25, 0.3) is 0 Å². The summed E-state index contributed by atoms with van der Waals surface area (Å²) >= 11 is 2.30. The molecule has 7 aliphatic rings. The molecule has 12 nitrogen and oxygen atoms in total. The second-order valence-electron chi connectivity index (χ2n) is 26.9. The SMILES string of the molecule is C#CC1CC1.COC(=O)C1(C#Cc2ccc(C)cc2)CC1.COC(=O)c1cc(C)ccc1C#CC1CC1.Cc1ccc(C#CC2(C(=O)O)CC2)cc1.Cc1ccc(C#CC2(C(=O)O)CC2)cc1.Cc1ccc(C#CC2CC2)c(C(=O)O)c1.Cc1ccc(C#CC2CC2)cc1.Cc1ccc(I)cc1.O=C=O. The molecule has 0 aliphatic heterocycles. The van der Waals surface area contributed by atoms with Gasteiger partial charge in [-0.05, 0) is 246 Å². The number of halogens is 1. The van der Waals surface area contributed by atoms with Crippen LogP contribution >= 0.6 is 22.6 Å². The Morgan fingerprint density at radius 2 is 0.676 bits per heavy atom. The lowest BCUT2D eigenvalue weighted by Gasteiger charge is -2.03. The molecule has 0 amide bonds. The third kappa shape index (κ3) is 31.2. The number of aromatic carboxylic acids is 1. The van der Waals surface area contributed by atoms with E-state index in [0.717, 1.165) is 64.6 Å². The zero-order chi connectivity index (χ0) is 76.5. The lowest BCUT2D eigenvalue weighted by atomic mass is 10.0. The molecule has 13 heteroatoms. The second kappa shape index (κ2) is 41.3. The lowest BCUT2D eigenvalue weighted by Crippen LogP contribution is -2.15. The van der Waals surface area contributed by atoms with Crippen LogP contribution in [0, 0.1) is 175 Å². The van der Waals surface area contributed by atoms with E-state index in [-0.39, 0.29) is 18.1 Å². The van der Waals surface area contributed by atoms with Crippen molar-refractivity contribution in [2.45, 2.75) is 138 Å². The van der Waals surface area contributed by atoms with Crippen molar-refractivity contribution in [3.63, 3.8) is 0 Å². The van der Waals surface area contributed by atoms with E-state index in [1.165, 1.54) is 84.1 Å². The maximum absolute atomic E-state index is 11.6. The summed E-state index contributed by atoms with van der Waals surface area (Å²) in [6, 6.07) is 51.4. The number of rotatable bonds is 5. The van der Waals surface area contributed by atoms with Crippen LogP contribution in [0.2, 0.25) is 0 Å². The Kier molecular flexibility index (Phi) is 32.6. The van der Waals surface area contributed by atoms with Crippen molar-refractivity contribution in [3.8, 4) is 83.4 Å². The van der Waals surface area contributed by atoms with Gasteiger partial charge in [0.05, 0.1) is 25.3 Å². The van der Waals surface area contributed by atoms with E-state index >= 15 is 0 Å². The molecule has 0 radical (unpaired) electrons. The number of aliphatic carboxylic acids is 2. The molecule has 0 aromatic heterocycles. The van der Waals surface area contributed by atoms with Crippen LogP contribution in [0.1, 0.15) is 183 Å². The van der Waals surface area contributed by atoms with Crippen LogP contribution in [-0.2, 0) is 33.4 Å². The average molecular weight is 1510 g/mol. The number of carbonyl (C=O) groups excluding carboxylic acids is 4. The molecule has 105 heavy (non-hydrogen) atoms. The minimum Gasteiger partial charge on any atom is -0.480 e. The Hall–Kier alpha value is -11.1. The topological polar surface area (TPSA) is 199 Å². The van der Waals surface area contributed by atoms with Crippen molar-refractivity contribution < 1.29 is 58.4 Å². The molecule has 0 atom stereocenters. The molecule has 7 aromatic rings. The van der Waals surface area contributed by atoms with Crippen LogP contribution in [0.4, 0.5) is 0 Å². The fourth-order valence-electron chi connectivity index (χ4n) is 8.86. The van der Waals surface area contributed by atoms with E-state index in [0.29, 0.717) is 66.0 Å². The highest BCUT2D eigenvalue weighted by atomic mass is 127. The lowest BCUT2D eigenvalue weighted by molar-refractivity contribution is -0.191. The van der Waals surface area contributed by atoms with Gasteiger partial charge in [-0.15, -0.1) is 12.3 Å². The summed E-state index contributed by atoms with van der Waals surface area (Å²) in [6.45, 7) is 14.1. The minimum atomic E-state index is -0.904. The number of carboxylic acids is 3. The van der Waals surface area contributed by atoms with Gasteiger partial charge < -0.3 is 24.8 Å². The summed E-state index contributed by atoms with van der Waals surface area (Å²) in [6.07, 6.45) is 19.4. The van der Waals surface area contributed by atoms with Gasteiger partial charge in [0, 0.05) is 60.6 Å². The van der Waals surface area contributed by atoms with Crippen LogP contribution in [0.25, 0.3) is 0 Å². The molecular weight excluding hydrogens is 1420 g/mol. The number of carbonyl (C=O) groups is 5. The second-order valence-corrected chi connectivity index (χ2v) is 28.2. The molecule has 536 valence electrons. The van der Waals surface area contributed by atoms with Crippen LogP contribution in [0.15, 0.2) is 158 Å². The molecule has 0 bridgehead atoms. The smallest absolute Gasteiger partial charge is 0.373 e. The van der Waals surface area contributed by atoms with Crippen LogP contribution in [0.5, 0.6) is 0 Å². The molecule has 7 fully saturated rings. The summed E-state index contributed by atoms with van der Waals surface area (Å²) in [5.74, 6) is 38.3. The third-order valence-corrected chi connectivity index (χ3v) is 17.7. The number of hydrogen-bond acceptors (Lipinski definition) is 9. The first-order valence-corrected chi connectivity index (χ1v) is 36.0. The summed E-state index contributed by atoms with van der Waals surface area (Å²) < 4.78 is 10.8. The Balaban J connectivity index is 0.000000190. The summed E-state index contributed by atoms with van der Waals surface area (Å²) in [7, 11) is 2.80. The number of ether oxygens (including phenoxy) is 2. The molecule has 0 saturated heterocycles. The highest BCUT2D eigenvalue weighted by molar-refractivity contribution is 14.1. The molecule has 3 N–H and O–H groups in total. The quantitative estimate of drug-likeness (QED) is 0.0838. The fraction of sp³-hybridized carbons (Fsp3) is 0.326. The molecule has 7 aliphatic carbocycles. The number of carboxylic acid groups (broad SMARTS) is 3. The first-order chi connectivity index (χ1) is 50.3. The van der Waals surface area contributed by atoms with Gasteiger partial charge in [-0.25, -0.2) is 9.59 Å². The molecule has 7 aromatic carbocycles. The highest BCUT2D eigenvalue weighted by Crippen LogP contribution is 2.47. The van der Waals surface area contributed by atoms with Crippen LogP contribution < -0.4 is 0 Å². The Morgan fingerprint density at radius 1 is 0.390 bits per heavy atom. The van der Waals surface area contributed by atoms with E-state index < -0.39 is 34.2 Å². The highest BCUT2D eigenvalue weighted by Gasteiger charge is 2.51. The van der Waals surface area contributed by atoms with Gasteiger partial charge in [0.15, 0.2) is 0 Å². The minimum absolute atomic E-state index is 0.202. The largest absolute Gasteiger partial charge is 0.480 e. The standard InChI is InChI=1S/2C14H14O2.3C13H12O2.C12H12.C7H7I.C5H6.CO2/c1-10-3-7-12(8-6-11-4-5-11)13(9-10)14(15)16-2;1-11-3-5-12(6-4-11)7-8-14(9-10-14)13(15)16-2;1-9-2-6-11(7-5-10-3-4-10)12(8-9)13(14)15;2*1-10-2-4-11(5-3-10)6-7-13(8-9-13)12(14)15;1-10-2-4-11(5-3-10)6-7-12-8-9-12;1-6-2-4-7(8)5-3-6;1-2-5-3-4-5;2-1-3/h3,7,9,11H,4-5H2,1-2H3;3-6H,9-10H2,1-2H3;2,6,8,10H,3-4H2,1H3,(H,14,15);2*2-5H,8-9H2,1H3,(H,14,15);2-5,12H,8-9H2,1H3;2-5H,1H3;1,5H,3-4H2;. The number of aryl methyl sites for hydroxylation is 7. The Bertz CT molecular complexity index is 4530. The average Bonchev–Trinajstić information content (AvgIpc) is 1.64. The predicted octanol–water partition coefficient (Wildman–Crippen LogP) is 17.5. The van der Waals surface area contributed by atoms with Crippen molar-refractivity contribution in [1.82, 2.24) is 0 Å². The van der Waals surface area contributed by atoms with Crippen molar-refractivity contribution in [2.75, 3.05) is 14.2 Å². The van der Waals surface area contributed by atoms with E-state index in [9.17, 15) is 24.0 Å². The maximum Gasteiger partial charge on any atom is 0.373 e. The first-order valence-electron chi connectivity index (χ1n) is 34.9. The van der Waals surface area contributed by atoms with Gasteiger partial charge in [-0.3, -0.25) is 14.4 Å². The normalized spacial score (nSPS) is 14.8. The van der Waals surface area contributed by atoms with E-state index in [1.54, 1.807) is 12.1 Å². The molecule has 0 heterocycles. The van der Waals surface area contributed by atoms with Gasteiger partial charge in [-0.1, -0.05) is 183 Å². The van der Waals surface area contributed by atoms with Gasteiger partial charge in [0.1, 0.15) is 16.2 Å². The number of hydrogen-bond donors (Lipinski definition) is 3. The first kappa shape index (κ1) is 82.9. The van der Waals surface area contributed by atoms with E-state index in [2.05, 4.69) is 162 Å². The number of methoxy groups -OCH3 is 2. The Labute approximate surface area is 633 Å². The zero-order valence-electron chi connectivity index (χ0n) is 61.2. The fourth-order valence-corrected chi connectivity index (χ4v) is 9.22. The number of terminal acetylenes is 1. The predicted molar refractivity (Wildman–Crippen MR) is 418 cm³/mol. The molecular formula is C92H89IO12. The van der Waals surface area contributed by atoms with Gasteiger partial charge in [0.2, 0.25) is 0 Å².